The van der Waals surface area contributed by atoms with E-state index in [9.17, 15) is 22.4 Å². The van der Waals surface area contributed by atoms with Crippen LogP contribution in [0.3, 0.4) is 0 Å². The van der Waals surface area contributed by atoms with Crippen molar-refractivity contribution in [1.82, 2.24) is 15.3 Å². The number of para-hydroxylation sites is 1. The zero-order valence-electron chi connectivity index (χ0n) is 24.1. The predicted octanol–water partition coefficient (Wildman–Crippen LogP) is 5.61. The molecule has 1 aromatic carbocycles. The van der Waals surface area contributed by atoms with Crippen molar-refractivity contribution >= 4 is 17.7 Å². The van der Waals surface area contributed by atoms with E-state index < -0.39 is 12.2 Å². The maximum Gasteiger partial charge on any atom is 0.573 e. The van der Waals surface area contributed by atoms with Gasteiger partial charge in [0.2, 0.25) is 11.9 Å². The molecule has 12 heteroatoms. The van der Waals surface area contributed by atoms with Crippen LogP contribution in [0.25, 0.3) is 0 Å². The highest BCUT2D eigenvalue weighted by Crippen LogP contribution is 2.60. The van der Waals surface area contributed by atoms with E-state index in [4.69, 9.17) is 5.73 Å². The summed E-state index contributed by atoms with van der Waals surface area (Å²) in [5.41, 5.74) is 5.87. The lowest BCUT2D eigenvalue weighted by Gasteiger charge is -2.60. The Morgan fingerprint density at radius 3 is 2.47 bits per heavy atom. The number of benzene rings is 1. The van der Waals surface area contributed by atoms with Gasteiger partial charge in [0.1, 0.15) is 5.75 Å². The first kappa shape index (κ1) is 29.9. The molecule has 5 saturated carbocycles. The van der Waals surface area contributed by atoms with Crippen LogP contribution >= 0.6 is 0 Å². The van der Waals surface area contributed by atoms with Gasteiger partial charge in [-0.2, -0.15) is 4.98 Å². The molecule has 3 unspecified atom stereocenters. The number of halogens is 4. The van der Waals surface area contributed by atoms with Crippen molar-refractivity contribution in [1.29, 1.82) is 0 Å². The van der Waals surface area contributed by atoms with Gasteiger partial charge in [0.05, 0.1) is 6.20 Å². The molecule has 43 heavy (non-hydrogen) atoms. The normalized spacial score (nSPS) is 31.5. The van der Waals surface area contributed by atoms with Crippen molar-refractivity contribution in [2.45, 2.75) is 76.7 Å². The fourth-order valence-electron chi connectivity index (χ4n) is 8.59. The van der Waals surface area contributed by atoms with E-state index in [1.54, 1.807) is 6.07 Å². The summed E-state index contributed by atoms with van der Waals surface area (Å²) in [6, 6.07) is 6.34. The maximum atomic E-state index is 14.8. The third kappa shape index (κ3) is 6.99. The second-order valence-corrected chi connectivity index (χ2v) is 13.3. The van der Waals surface area contributed by atoms with Gasteiger partial charge in [-0.25, -0.2) is 9.37 Å². The Morgan fingerprint density at radius 2 is 1.77 bits per heavy atom. The summed E-state index contributed by atoms with van der Waals surface area (Å²) in [4.78, 5) is 19.8. The minimum atomic E-state index is -4.81. The van der Waals surface area contributed by atoms with E-state index in [2.05, 4.69) is 30.7 Å². The van der Waals surface area contributed by atoms with Crippen molar-refractivity contribution in [3.63, 3.8) is 0 Å². The van der Waals surface area contributed by atoms with Crippen molar-refractivity contribution in [2.75, 3.05) is 23.7 Å². The van der Waals surface area contributed by atoms with Crippen LogP contribution in [0, 0.1) is 40.8 Å². The molecule has 5 aliphatic rings. The van der Waals surface area contributed by atoms with Crippen LogP contribution in [0.4, 0.5) is 29.3 Å². The number of alkyl halides is 3. The molecule has 5 fully saturated rings. The molecule has 1 amide bonds. The largest absolute Gasteiger partial charge is 0.573 e. The Morgan fingerprint density at radius 1 is 1.05 bits per heavy atom. The van der Waals surface area contributed by atoms with E-state index >= 15 is 0 Å². The molecule has 1 heterocycles. The number of rotatable bonds is 11. The van der Waals surface area contributed by atoms with E-state index in [0.717, 1.165) is 57.7 Å². The van der Waals surface area contributed by atoms with Crippen molar-refractivity contribution in [3.05, 3.63) is 41.8 Å². The van der Waals surface area contributed by atoms with Crippen LogP contribution in [0.2, 0.25) is 0 Å². The Balaban J connectivity index is 1.04. The maximum absolute atomic E-state index is 14.8. The molecular weight excluding hydrogens is 564 g/mol. The number of aromatic nitrogens is 2. The van der Waals surface area contributed by atoms with Gasteiger partial charge in [-0.15, -0.1) is 13.2 Å². The minimum Gasteiger partial charge on any atom is -0.405 e. The van der Waals surface area contributed by atoms with Crippen LogP contribution in [0.5, 0.6) is 5.75 Å². The number of ether oxygens (including phenoxy) is 1. The number of primary amides is 1. The zero-order valence-corrected chi connectivity index (χ0v) is 24.1. The molecule has 0 radical (unpaired) electrons. The molecule has 234 valence electrons. The van der Waals surface area contributed by atoms with Gasteiger partial charge in [-0.3, -0.25) is 4.79 Å². The Hall–Kier alpha value is -3.15. The van der Waals surface area contributed by atoms with Gasteiger partial charge in [-0.05, 0) is 99.5 Å². The lowest BCUT2D eigenvalue weighted by atomic mass is 9.48. The van der Waals surface area contributed by atoms with E-state index in [0.29, 0.717) is 36.3 Å². The van der Waals surface area contributed by atoms with Gasteiger partial charge in [0.15, 0.2) is 11.6 Å². The standard InChI is InChI=1S/C31H40F4N6O2/c32-24-16-39-29(38-15-21-3-1-2-4-25(21)43-31(33,34)35)41-28(24)40-17-30-11-19-9-22(12-30)26(23(10-19)13-30)37-14-18-5-7-20(8-6-18)27(36)42/h1-4,16,18-20,22-23,26,37H,5-15,17H2,(H2,36,42)(H2,38,39,40,41)/t18?,19?,20?,22-,23+,26?,30?. The molecule has 8 nitrogen and oxygen atoms in total. The molecule has 0 saturated heterocycles. The van der Waals surface area contributed by atoms with Crippen LogP contribution < -0.4 is 26.4 Å². The summed E-state index contributed by atoms with van der Waals surface area (Å²) >= 11 is 0. The average Bonchev–Trinajstić information content (AvgIpc) is 2.95. The summed E-state index contributed by atoms with van der Waals surface area (Å²) in [6.07, 6.45) is 5.94. The highest BCUT2D eigenvalue weighted by molar-refractivity contribution is 5.76. The lowest BCUT2D eigenvalue weighted by Crippen LogP contribution is -2.60. The molecule has 5 aliphatic carbocycles. The highest BCUT2D eigenvalue weighted by Gasteiger charge is 2.55. The Bertz CT molecular complexity index is 1290. The molecule has 7 rings (SSSR count). The first-order valence-corrected chi connectivity index (χ1v) is 15.4. The van der Waals surface area contributed by atoms with Crippen molar-refractivity contribution in [3.8, 4) is 5.75 Å². The first-order chi connectivity index (χ1) is 20.6. The summed E-state index contributed by atoms with van der Waals surface area (Å²) in [6.45, 7) is 1.59. The summed E-state index contributed by atoms with van der Waals surface area (Å²) in [5, 5.41) is 10.1. The zero-order chi connectivity index (χ0) is 30.2. The van der Waals surface area contributed by atoms with Crippen LogP contribution in [-0.4, -0.2) is 41.4 Å². The number of nitrogens with one attached hydrogen (secondary N) is 3. The third-order valence-corrected chi connectivity index (χ3v) is 10.3. The van der Waals surface area contributed by atoms with Gasteiger partial charge in [0, 0.05) is 30.6 Å². The summed E-state index contributed by atoms with van der Waals surface area (Å²) in [7, 11) is 0. The molecule has 2 aromatic rings. The summed E-state index contributed by atoms with van der Waals surface area (Å²) in [5.74, 6) is 1.68. The predicted molar refractivity (Wildman–Crippen MR) is 153 cm³/mol. The number of hydrogen-bond acceptors (Lipinski definition) is 7. The number of carbonyl (C=O) groups is 1. The van der Waals surface area contributed by atoms with Crippen LogP contribution in [-0.2, 0) is 11.3 Å². The monoisotopic (exact) mass is 604 g/mol. The fraction of sp³-hybridized carbons (Fsp3) is 0.645. The minimum absolute atomic E-state index is 0.0206. The second kappa shape index (κ2) is 12.1. The Kier molecular flexibility index (Phi) is 8.41. The number of nitrogens with zero attached hydrogens (tertiary/aromatic N) is 2. The number of nitrogens with two attached hydrogens (primary N) is 1. The topological polar surface area (TPSA) is 114 Å². The van der Waals surface area contributed by atoms with Crippen LogP contribution in [0.15, 0.2) is 30.5 Å². The van der Waals surface area contributed by atoms with E-state index in [-0.39, 0.29) is 46.9 Å². The van der Waals surface area contributed by atoms with Crippen molar-refractivity contribution in [2.24, 2.45) is 40.7 Å². The molecule has 5 N–H and O–H groups in total. The second-order valence-electron chi connectivity index (χ2n) is 13.3. The van der Waals surface area contributed by atoms with Gasteiger partial charge in [0.25, 0.3) is 0 Å². The number of amides is 1. The van der Waals surface area contributed by atoms with Gasteiger partial charge >= 0.3 is 6.36 Å². The smallest absolute Gasteiger partial charge is 0.405 e. The highest BCUT2D eigenvalue weighted by atomic mass is 19.4. The first-order valence-electron chi connectivity index (χ1n) is 15.4. The third-order valence-electron chi connectivity index (χ3n) is 10.3. The quantitative estimate of drug-likeness (QED) is 0.247. The van der Waals surface area contributed by atoms with Gasteiger partial charge < -0.3 is 26.4 Å². The molecule has 5 atom stereocenters. The van der Waals surface area contributed by atoms with Gasteiger partial charge in [-0.1, -0.05) is 18.2 Å². The van der Waals surface area contributed by atoms with Crippen molar-refractivity contribution < 1.29 is 27.1 Å². The van der Waals surface area contributed by atoms with E-state index in [1.165, 1.54) is 31.0 Å². The van der Waals surface area contributed by atoms with Crippen LogP contribution in [0.1, 0.15) is 63.4 Å². The average molecular weight is 605 g/mol. The fourth-order valence-corrected chi connectivity index (χ4v) is 8.59. The number of anilines is 2. The molecular formula is C31H40F4N6O2. The molecule has 0 spiro atoms. The van der Waals surface area contributed by atoms with E-state index in [1.807, 2.05) is 0 Å². The lowest BCUT2D eigenvalue weighted by molar-refractivity contribution is -0.274. The molecule has 4 bridgehead atoms. The number of carbonyl (C=O) groups excluding carboxylic acids is 1. The number of hydrogen-bond donors (Lipinski definition) is 4. The molecule has 0 aliphatic heterocycles. The summed E-state index contributed by atoms with van der Waals surface area (Å²) < 4.78 is 57.2. The SMILES string of the molecule is NC(=O)C1CCC(CNC2[C@@H]3CC4C[C@H]2CC(CNc2nc(NCc5ccccc5OC(F)(F)F)ncc2F)(C4)C3)CC1. The molecule has 1 aromatic heterocycles. The Labute approximate surface area is 248 Å².